The van der Waals surface area contributed by atoms with Crippen molar-refractivity contribution in [1.29, 1.82) is 0 Å². The molecule has 1 aromatic rings. The SMILES string of the molecule is CCCCC=CC(=O)N[C@@H](Cc1cc(F)cc(F)c1)C(=O)N[C@H]1COC(=O)[C@@H]2C[C@@H](CC)CN2C(=O)[C@H](C)NC(=O)[C@H](C)N(C)C(=O)[C@@H]2CCCN2C1=O. The first-order chi connectivity index (χ1) is 25.6. The highest BCUT2D eigenvalue weighted by Crippen LogP contribution is 2.28. The predicted octanol–water partition coefficient (Wildman–Crippen LogP) is 1.75. The quantitative estimate of drug-likeness (QED) is 0.184. The van der Waals surface area contributed by atoms with Crippen LogP contribution in [0.2, 0.25) is 0 Å². The van der Waals surface area contributed by atoms with Crippen molar-refractivity contribution in [2.24, 2.45) is 5.92 Å². The Morgan fingerprint density at radius 1 is 1.00 bits per heavy atom. The van der Waals surface area contributed by atoms with Gasteiger partial charge in [0, 0.05) is 32.6 Å². The van der Waals surface area contributed by atoms with Crippen LogP contribution in [0.3, 0.4) is 0 Å². The van der Waals surface area contributed by atoms with Crippen LogP contribution in [0, 0.1) is 17.6 Å². The van der Waals surface area contributed by atoms with E-state index in [-0.39, 0.29) is 43.8 Å². The van der Waals surface area contributed by atoms with E-state index < -0.39 is 95.9 Å². The van der Waals surface area contributed by atoms with Gasteiger partial charge in [-0.05, 0) is 69.2 Å². The summed E-state index contributed by atoms with van der Waals surface area (Å²) in [6.07, 6.45) is 6.45. The third kappa shape index (κ3) is 10.4. The molecule has 3 N–H and O–H groups in total. The van der Waals surface area contributed by atoms with Crippen LogP contribution in [-0.2, 0) is 44.7 Å². The monoisotopic (exact) mass is 758 g/mol. The lowest BCUT2D eigenvalue weighted by Gasteiger charge is -2.34. The van der Waals surface area contributed by atoms with Gasteiger partial charge in [0.05, 0.1) is 0 Å². The third-order valence-electron chi connectivity index (χ3n) is 10.4. The predicted molar refractivity (Wildman–Crippen MR) is 192 cm³/mol. The Morgan fingerprint density at radius 2 is 1.70 bits per heavy atom. The maximum absolute atomic E-state index is 14.3. The lowest BCUT2D eigenvalue weighted by atomic mass is 10.0. The molecule has 1 aromatic carbocycles. The van der Waals surface area contributed by atoms with Crippen LogP contribution in [0.1, 0.15) is 78.2 Å². The summed E-state index contributed by atoms with van der Waals surface area (Å²) in [6, 6.07) is -4.40. The number of halogens is 2. The standard InChI is InChI=1S/C38H52F2N6O8/c1-6-8-9-10-13-32(47)42-28(17-25-15-26(39)19-27(40)16-25)34(49)43-29-21-54-38(53)31-18-24(7-2)20-46(31)35(50)22(3)41-33(48)23(4)44(5)37(52)30-12-11-14-45(30)36(29)51/h10,13,15-16,19,22-24,28-31H,6-9,11-12,14,17-18,20-21H2,1-5H3,(H,41,48)(H,42,47)(H,43,49)/t22-,23-,24+,28-,29-,30-,31-/m0/s1. The second-order valence-electron chi connectivity index (χ2n) is 14.3. The van der Waals surface area contributed by atoms with Gasteiger partial charge in [0.15, 0.2) is 0 Å². The van der Waals surface area contributed by atoms with Gasteiger partial charge in [-0.3, -0.25) is 28.8 Å². The molecule has 296 valence electrons. The summed E-state index contributed by atoms with van der Waals surface area (Å²) in [5, 5.41) is 7.77. The van der Waals surface area contributed by atoms with E-state index in [1.165, 1.54) is 41.7 Å². The van der Waals surface area contributed by atoms with E-state index in [0.29, 0.717) is 25.3 Å². The number of hydrogen-bond acceptors (Lipinski definition) is 8. The number of ether oxygens (including phenoxy) is 1. The normalized spacial score (nSPS) is 26.4. The zero-order valence-electron chi connectivity index (χ0n) is 31.6. The summed E-state index contributed by atoms with van der Waals surface area (Å²) < 4.78 is 34.0. The minimum absolute atomic E-state index is 0.0466. The van der Waals surface area contributed by atoms with Crippen LogP contribution in [0.5, 0.6) is 0 Å². The van der Waals surface area contributed by atoms with Crippen LogP contribution in [0.15, 0.2) is 30.4 Å². The molecule has 16 heteroatoms. The van der Waals surface area contributed by atoms with Gasteiger partial charge in [-0.25, -0.2) is 13.6 Å². The molecule has 54 heavy (non-hydrogen) atoms. The minimum atomic E-state index is -1.57. The molecule has 6 amide bonds. The maximum Gasteiger partial charge on any atom is 0.328 e. The zero-order valence-corrected chi connectivity index (χ0v) is 31.6. The second-order valence-corrected chi connectivity index (χ2v) is 14.3. The number of carbonyl (C=O) groups excluding carboxylic acids is 7. The van der Waals surface area contributed by atoms with Crippen molar-refractivity contribution >= 4 is 41.4 Å². The van der Waals surface area contributed by atoms with Gasteiger partial charge < -0.3 is 35.4 Å². The first-order valence-corrected chi connectivity index (χ1v) is 18.7. The second kappa shape index (κ2) is 18.9. The fourth-order valence-electron chi connectivity index (χ4n) is 7.03. The topological polar surface area (TPSA) is 175 Å². The molecule has 3 aliphatic heterocycles. The molecule has 0 spiro atoms. The molecule has 3 saturated heterocycles. The molecule has 3 heterocycles. The Morgan fingerprint density at radius 3 is 2.37 bits per heavy atom. The van der Waals surface area contributed by atoms with Gasteiger partial charge in [0.1, 0.15) is 54.5 Å². The van der Waals surface area contributed by atoms with Crippen molar-refractivity contribution in [3.8, 4) is 0 Å². The number of nitrogens with zero attached hydrogens (tertiary/aromatic N) is 3. The van der Waals surface area contributed by atoms with E-state index >= 15 is 0 Å². The van der Waals surface area contributed by atoms with E-state index in [1.807, 2.05) is 13.8 Å². The molecule has 0 saturated carbocycles. The summed E-state index contributed by atoms with van der Waals surface area (Å²) in [6.45, 7) is 6.57. The first-order valence-electron chi connectivity index (χ1n) is 18.7. The molecule has 3 fully saturated rings. The van der Waals surface area contributed by atoms with E-state index in [0.717, 1.165) is 25.0 Å². The number of benzene rings is 1. The number of nitrogens with one attached hydrogen (secondary N) is 3. The van der Waals surface area contributed by atoms with Crippen LogP contribution < -0.4 is 16.0 Å². The number of esters is 1. The lowest BCUT2D eigenvalue weighted by Crippen LogP contribution is -2.60. The minimum Gasteiger partial charge on any atom is -0.461 e. The smallest absolute Gasteiger partial charge is 0.328 e. The Kier molecular flexibility index (Phi) is 14.7. The van der Waals surface area contributed by atoms with E-state index in [4.69, 9.17) is 4.74 Å². The van der Waals surface area contributed by atoms with Gasteiger partial charge in [-0.15, -0.1) is 0 Å². The van der Waals surface area contributed by atoms with E-state index in [2.05, 4.69) is 16.0 Å². The average molecular weight is 759 g/mol. The molecule has 3 aliphatic rings. The largest absolute Gasteiger partial charge is 0.461 e. The van der Waals surface area contributed by atoms with Crippen LogP contribution >= 0.6 is 0 Å². The van der Waals surface area contributed by atoms with Crippen LogP contribution in [0.25, 0.3) is 0 Å². The van der Waals surface area contributed by atoms with E-state index in [9.17, 15) is 42.3 Å². The summed E-state index contributed by atoms with van der Waals surface area (Å²) in [4.78, 5) is 99.3. The van der Waals surface area contributed by atoms with Crippen molar-refractivity contribution in [3.05, 3.63) is 47.5 Å². The first kappa shape index (κ1) is 41.9. The highest BCUT2D eigenvalue weighted by atomic mass is 19.1. The Bertz CT molecular complexity index is 1600. The zero-order chi connectivity index (χ0) is 39.7. The summed E-state index contributed by atoms with van der Waals surface area (Å²) in [7, 11) is 1.42. The van der Waals surface area contributed by atoms with Crippen molar-refractivity contribution in [2.75, 3.05) is 26.7 Å². The Labute approximate surface area is 314 Å². The fourth-order valence-corrected chi connectivity index (χ4v) is 7.03. The van der Waals surface area contributed by atoms with E-state index in [1.54, 1.807) is 6.08 Å². The van der Waals surface area contributed by atoms with Gasteiger partial charge >= 0.3 is 5.97 Å². The molecule has 14 nitrogen and oxygen atoms in total. The number of amides is 6. The van der Waals surface area contributed by atoms with Crippen molar-refractivity contribution in [2.45, 2.75) is 115 Å². The summed E-state index contributed by atoms with van der Waals surface area (Å²) >= 11 is 0. The molecular weight excluding hydrogens is 706 g/mol. The molecule has 0 bridgehead atoms. The van der Waals surface area contributed by atoms with Gasteiger partial charge in [-0.1, -0.05) is 39.2 Å². The number of cyclic esters (lactones) is 1. The number of allylic oxidation sites excluding steroid dienone is 1. The molecule has 7 atom stereocenters. The number of hydrogen-bond donors (Lipinski definition) is 3. The lowest BCUT2D eigenvalue weighted by molar-refractivity contribution is -0.158. The molecule has 0 radical (unpaired) electrons. The number of likely N-dealkylation sites (N-methyl/N-ethyl adjacent to an activating group) is 1. The molecule has 0 aliphatic carbocycles. The number of carbonyl (C=O) groups is 7. The average Bonchev–Trinajstić information content (AvgIpc) is 3.80. The van der Waals surface area contributed by atoms with Crippen molar-refractivity contribution in [1.82, 2.24) is 30.7 Å². The maximum atomic E-state index is 14.3. The van der Waals surface area contributed by atoms with Gasteiger partial charge in [0.2, 0.25) is 35.4 Å². The van der Waals surface area contributed by atoms with Crippen molar-refractivity contribution in [3.63, 3.8) is 0 Å². The molecule has 4 rings (SSSR count). The number of unbranched alkanes of at least 4 members (excludes halogenated alkanes) is 2. The van der Waals surface area contributed by atoms with Gasteiger partial charge in [-0.2, -0.15) is 0 Å². The fraction of sp³-hybridized carbons (Fsp3) is 0.605. The van der Waals surface area contributed by atoms with Gasteiger partial charge in [0.25, 0.3) is 0 Å². The van der Waals surface area contributed by atoms with Crippen LogP contribution in [0.4, 0.5) is 8.78 Å². The molecule has 0 unspecified atom stereocenters. The Hall–Kier alpha value is -4.89. The molecular formula is C38H52F2N6O8. The highest BCUT2D eigenvalue weighted by Gasteiger charge is 2.45. The summed E-state index contributed by atoms with van der Waals surface area (Å²) in [5.41, 5.74) is 0.0516. The molecule has 0 aromatic heterocycles. The van der Waals surface area contributed by atoms with Crippen molar-refractivity contribution < 1.29 is 47.1 Å². The number of rotatable bonds is 10. The Balaban J connectivity index is 1.68. The van der Waals surface area contributed by atoms with Crippen LogP contribution in [-0.4, -0.2) is 119 Å². The highest BCUT2D eigenvalue weighted by molar-refractivity contribution is 5.98. The summed E-state index contributed by atoms with van der Waals surface area (Å²) in [5.74, 6) is -6.65. The number of fused-ring (bicyclic) bond motifs is 2. The third-order valence-corrected chi connectivity index (χ3v) is 10.4.